The van der Waals surface area contributed by atoms with Crippen LogP contribution in [0, 0.1) is 23.7 Å². The molecule has 2 saturated carbocycles. The molecule has 0 spiro atoms. The standard InChI is InChI=1S/C24H30F3N5O2/c1-13-8-16(31-9-17-18(10-31)20(17)12-33)6-7-21(13)32-11-19(22(28)34)23(30-32)29-15-4-2-14(3-5-15)24(25,26)27/h2-5,11,13,16-18,20-21,33H,6-10,12H2,1H3,(H2,28,34)(H,29,30)/t13-,16+,17-,18+,20?,21-/m0/s1. The van der Waals surface area contributed by atoms with Crippen LogP contribution in [0.3, 0.4) is 0 Å². The van der Waals surface area contributed by atoms with Crippen molar-refractivity contribution < 1.29 is 23.1 Å². The quantitative estimate of drug-likeness (QED) is 0.590. The van der Waals surface area contributed by atoms with Crippen LogP contribution >= 0.6 is 0 Å². The first-order chi connectivity index (χ1) is 16.2. The van der Waals surface area contributed by atoms with Crippen molar-refractivity contribution in [2.75, 3.05) is 25.0 Å². The van der Waals surface area contributed by atoms with Crippen LogP contribution in [0.4, 0.5) is 24.7 Å². The Morgan fingerprint density at radius 3 is 2.44 bits per heavy atom. The molecule has 2 aliphatic carbocycles. The zero-order valence-corrected chi connectivity index (χ0v) is 19.0. The number of halogens is 3. The van der Waals surface area contributed by atoms with Crippen molar-refractivity contribution in [3.05, 3.63) is 41.6 Å². The molecule has 1 aromatic carbocycles. The second kappa shape index (κ2) is 8.57. The number of alkyl halides is 3. The largest absolute Gasteiger partial charge is 0.416 e. The number of aliphatic hydroxyl groups excluding tert-OH is 1. The van der Waals surface area contributed by atoms with Gasteiger partial charge in [-0.05, 0) is 67.2 Å². The Morgan fingerprint density at radius 1 is 1.21 bits per heavy atom. The first-order valence-electron chi connectivity index (χ1n) is 11.8. The van der Waals surface area contributed by atoms with Gasteiger partial charge in [0.25, 0.3) is 5.91 Å². The number of nitrogens with one attached hydrogen (secondary N) is 1. The lowest BCUT2D eigenvalue weighted by molar-refractivity contribution is -0.137. The predicted octanol–water partition coefficient (Wildman–Crippen LogP) is 3.64. The molecule has 34 heavy (non-hydrogen) atoms. The van der Waals surface area contributed by atoms with Gasteiger partial charge in [0.1, 0.15) is 5.56 Å². The van der Waals surface area contributed by atoms with Gasteiger partial charge in [0.05, 0.1) is 11.6 Å². The van der Waals surface area contributed by atoms with Crippen LogP contribution in [0.1, 0.15) is 48.1 Å². The Kier molecular flexibility index (Phi) is 5.84. The summed E-state index contributed by atoms with van der Waals surface area (Å²) in [7, 11) is 0. The maximum atomic E-state index is 12.8. The average molecular weight is 478 g/mol. The van der Waals surface area contributed by atoms with Gasteiger partial charge >= 0.3 is 6.18 Å². The normalized spacial score (nSPS) is 31.3. The van der Waals surface area contributed by atoms with Crippen molar-refractivity contribution in [3.8, 4) is 0 Å². The molecule has 2 aromatic rings. The molecule has 1 aromatic heterocycles. The Morgan fingerprint density at radius 2 is 1.88 bits per heavy atom. The van der Waals surface area contributed by atoms with Gasteiger partial charge in [0.15, 0.2) is 5.82 Å². The summed E-state index contributed by atoms with van der Waals surface area (Å²) in [5.74, 6) is 1.75. The summed E-state index contributed by atoms with van der Waals surface area (Å²) in [6.45, 7) is 4.65. The predicted molar refractivity (Wildman–Crippen MR) is 120 cm³/mol. The van der Waals surface area contributed by atoms with E-state index in [4.69, 9.17) is 5.73 Å². The third kappa shape index (κ3) is 4.29. The SMILES string of the molecule is C[C@H]1C[C@H](N2C[C@@H]3C(CO)[C@@H]3C2)CC[C@@H]1n1cc(C(N)=O)c(Nc2ccc(C(F)(F)F)cc2)n1. The van der Waals surface area contributed by atoms with Gasteiger partial charge in [-0.1, -0.05) is 6.92 Å². The third-order valence-electron chi connectivity index (χ3n) is 8.04. The van der Waals surface area contributed by atoms with E-state index in [9.17, 15) is 23.1 Å². The summed E-state index contributed by atoms with van der Waals surface area (Å²) in [4.78, 5) is 14.6. The fraction of sp³-hybridized carbons (Fsp3) is 0.583. The monoisotopic (exact) mass is 477 g/mol. The Bertz CT molecular complexity index is 1040. The molecule has 1 amide bonds. The molecular weight excluding hydrogens is 447 g/mol. The highest BCUT2D eigenvalue weighted by molar-refractivity contribution is 5.98. The molecule has 1 saturated heterocycles. The van der Waals surface area contributed by atoms with Crippen LogP contribution in [-0.4, -0.2) is 51.4 Å². The number of hydrogen-bond acceptors (Lipinski definition) is 5. The fourth-order valence-corrected chi connectivity index (χ4v) is 6.04. The van der Waals surface area contributed by atoms with E-state index in [1.807, 2.05) is 0 Å². The molecule has 10 heteroatoms. The molecule has 6 atom stereocenters. The maximum absolute atomic E-state index is 12.8. The number of fused-ring (bicyclic) bond motifs is 1. The highest BCUT2D eigenvalue weighted by Gasteiger charge is 2.56. The highest BCUT2D eigenvalue weighted by atomic mass is 19.4. The van der Waals surface area contributed by atoms with Crippen LogP contribution in [-0.2, 0) is 6.18 Å². The summed E-state index contributed by atoms with van der Waals surface area (Å²) in [6.07, 6.45) is 0.213. The number of benzene rings is 1. The number of amides is 1. The van der Waals surface area contributed by atoms with Gasteiger partial charge in [-0.15, -0.1) is 0 Å². The molecule has 2 heterocycles. The van der Waals surface area contributed by atoms with Crippen molar-refractivity contribution in [2.45, 2.75) is 44.4 Å². The number of nitrogens with zero attached hydrogens (tertiary/aromatic N) is 3. The first-order valence-corrected chi connectivity index (χ1v) is 11.8. The molecule has 0 bridgehead atoms. The number of anilines is 2. The summed E-state index contributed by atoms with van der Waals surface area (Å²) in [5.41, 5.74) is 5.43. The highest BCUT2D eigenvalue weighted by Crippen LogP contribution is 2.53. The second-order valence-electron chi connectivity index (χ2n) is 10.1. The summed E-state index contributed by atoms with van der Waals surface area (Å²) in [6, 6.07) is 5.22. The lowest BCUT2D eigenvalue weighted by Crippen LogP contribution is -2.41. The van der Waals surface area contributed by atoms with E-state index < -0.39 is 17.6 Å². The van der Waals surface area contributed by atoms with E-state index in [1.165, 1.54) is 12.1 Å². The molecular formula is C24H30F3N5O2. The van der Waals surface area contributed by atoms with Gasteiger partial charge < -0.3 is 16.2 Å². The third-order valence-corrected chi connectivity index (χ3v) is 8.04. The lowest BCUT2D eigenvalue weighted by Gasteiger charge is -2.39. The number of nitrogens with two attached hydrogens (primary N) is 1. The molecule has 1 unspecified atom stereocenters. The van der Waals surface area contributed by atoms with E-state index in [2.05, 4.69) is 22.2 Å². The van der Waals surface area contributed by atoms with Gasteiger partial charge in [-0.2, -0.15) is 18.3 Å². The van der Waals surface area contributed by atoms with Gasteiger partial charge in [0, 0.05) is 37.6 Å². The van der Waals surface area contributed by atoms with E-state index in [1.54, 1.807) is 10.9 Å². The maximum Gasteiger partial charge on any atom is 0.416 e. The molecule has 184 valence electrons. The number of primary amides is 1. The summed E-state index contributed by atoms with van der Waals surface area (Å²) >= 11 is 0. The number of aromatic nitrogens is 2. The van der Waals surface area contributed by atoms with Crippen molar-refractivity contribution in [1.29, 1.82) is 0 Å². The van der Waals surface area contributed by atoms with Crippen LogP contribution in [0.25, 0.3) is 0 Å². The fourth-order valence-electron chi connectivity index (χ4n) is 6.04. The Balaban J connectivity index is 1.26. The molecule has 5 rings (SSSR count). The minimum atomic E-state index is -4.41. The van der Waals surface area contributed by atoms with Gasteiger partial charge in [-0.25, -0.2) is 0 Å². The zero-order valence-electron chi connectivity index (χ0n) is 19.0. The second-order valence-corrected chi connectivity index (χ2v) is 10.1. The minimum Gasteiger partial charge on any atom is -0.396 e. The van der Waals surface area contributed by atoms with E-state index >= 15 is 0 Å². The van der Waals surface area contributed by atoms with E-state index in [-0.39, 0.29) is 17.4 Å². The van der Waals surface area contributed by atoms with Crippen LogP contribution in [0.2, 0.25) is 0 Å². The van der Waals surface area contributed by atoms with Gasteiger partial charge in [0.2, 0.25) is 0 Å². The van der Waals surface area contributed by atoms with E-state index in [0.717, 1.165) is 44.5 Å². The molecule has 0 radical (unpaired) electrons. The number of piperidine rings is 1. The topological polar surface area (TPSA) is 96.4 Å². The zero-order chi connectivity index (χ0) is 24.2. The Labute approximate surface area is 196 Å². The van der Waals surface area contributed by atoms with Crippen LogP contribution in [0.5, 0.6) is 0 Å². The van der Waals surface area contributed by atoms with Crippen LogP contribution < -0.4 is 11.1 Å². The molecule has 7 nitrogen and oxygen atoms in total. The molecule has 3 aliphatic rings. The summed E-state index contributed by atoms with van der Waals surface area (Å²) in [5, 5.41) is 16.9. The number of hydrogen-bond donors (Lipinski definition) is 3. The van der Waals surface area contributed by atoms with Crippen molar-refractivity contribution in [1.82, 2.24) is 14.7 Å². The Hall–Kier alpha value is -2.59. The number of carbonyl (C=O) groups excluding carboxylic acids is 1. The number of aliphatic hydroxyl groups is 1. The molecule has 4 N–H and O–H groups in total. The van der Waals surface area contributed by atoms with Crippen molar-refractivity contribution in [2.24, 2.45) is 29.4 Å². The average Bonchev–Trinajstić information content (AvgIpc) is 3.11. The van der Waals surface area contributed by atoms with E-state index in [0.29, 0.717) is 42.0 Å². The number of carbonyl (C=O) groups is 1. The minimum absolute atomic E-state index is 0.111. The first kappa shape index (κ1) is 23.2. The van der Waals surface area contributed by atoms with Gasteiger partial charge in [-0.3, -0.25) is 14.4 Å². The van der Waals surface area contributed by atoms with Crippen molar-refractivity contribution in [3.63, 3.8) is 0 Å². The lowest BCUT2D eigenvalue weighted by atomic mass is 9.82. The summed E-state index contributed by atoms with van der Waals surface area (Å²) < 4.78 is 40.3. The smallest absolute Gasteiger partial charge is 0.396 e. The van der Waals surface area contributed by atoms with Crippen molar-refractivity contribution >= 4 is 17.4 Å². The molecule has 3 fully saturated rings. The van der Waals surface area contributed by atoms with Crippen LogP contribution in [0.15, 0.2) is 30.5 Å². The number of rotatable bonds is 6. The number of likely N-dealkylation sites (tertiary alicyclic amines) is 1. The molecule has 1 aliphatic heterocycles.